The normalized spacial score (nSPS) is 12.4. The fourth-order valence-electron chi connectivity index (χ4n) is 1.32. The van der Waals surface area contributed by atoms with Crippen molar-refractivity contribution in [2.75, 3.05) is 5.32 Å². The van der Waals surface area contributed by atoms with Crippen LogP contribution >= 0.6 is 0 Å². The van der Waals surface area contributed by atoms with Gasteiger partial charge in [0.25, 0.3) is 0 Å². The van der Waals surface area contributed by atoms with E-state index in [1.807, 2.05) is 26.0 Å². The number of furan rings is 1. The predicted octanol–water partition coefficient (Wildman–Crippen LogP) is 2.55. The van der Waals surface area contributed by atoms with Gasteiger partial charge in [0.05, 0.1) is 6.04 Å². The van der Waals surface area contributed by atoms with Gasteiger partial charge < -0.3 is 9.73 Å². The summed E-state index contributed by atoms with van der Waals surface area (Å²) in [4.78, 5) is 8.17. The van der Waals surface area contributed by atoms with Crippen molar-refractivity contribution in [3.8, 4) is 0 Å². The smallest absolute Gasteiger partial charge is 0.223 e. The molecule has 0 fully saturated rings. The van der Waals surface area contributed by atoms with E-state index < -0.39 is 0 Å². The molecule has 2 aromatic heterocycles. The highest BCUT2D eigenvalue weighted by Crippen LogP contribution is 2.18. The van der Waals surface area contributed by atoms with Crippen molar-refractivity contribution in [2.45, 2.75) is 19.9 Å². The summed E-state index contributed by atoms with van der Waals surface area (Å²) in [6.45, 7) is 3.93. The van der Waals surface area contributed by atoms with E-state index in [2.05, 4.69) is 15.3 Å². The van der Waals surface area contributed by atoms with Gasteiger partial charge in [-0.2, -0.15) is 0 Å². The third kappa shape index (κ3) is 2.34. The van der Waals surface area contributed by atoms with E-state index in [1.54, 1.807) is 18.5 Å². The topological polar surface area (TPSA) is 51.0 Å². The first kappa shape index (κ1) is 9.71. The van der Waals surface area contributed by atoms with Crippen LogP contribution in [0.5, 0.6) is 0 Å². The average Bonchev–Trinajstić information content (AvgIpc) is 2.66. The molecule has 0 aliphatic carbocycles. The Kier molecular flexibility index (Phi) is 2.67. The zero-order chi connectivity index (χ0) is 10.7. The second kappa shape index (κ2) is 4.13. The number of hydrogen-bond acceptors (Lipinski definition) is 4. The number of nitrogens with zero attached hydrogens (tertiary/aromatic N) is 2. The Balaban J connectivity index is 2.07. The minimum Gasteiger partial charge on any atom is -0.464 e. The molecule has 0 aliphatic heterocycles. The second-order valence-electron chi connectivity index (χ2n) is 3.39. The molecule has 2 heterocycles. The van der Waals surface area contributed by atoms with E-state index in [-0.39, 0.29) is 6.04 Å². The van der Waals surface area contributed by atoms with Crippen LogP contribution in [0.15, 0.2) is 35.0 Å². The summed E-state index contributed by atoms with van der Waals surface area (Å²) in [5.41, 5.74) is 0. The lowest BCUT2D eigenvalue weighted by Gasteiger charge is -2.10. The van der Waals surface area contributed by atoms with Crippen LogP contribution < -0.4 is 5.32 Å². The Morgan fingerprint density at radius 3 is 2.60 bits per heavy atom. The van der Waals surface area contributed by atoms with Crippen LogP contribution in [0.25, 0.3) is 0 Å². The van der Waals surface area contributed by atoms with E-state index >= 15 is 0 Å². The van der Waals surface area contributed by atoms with Crippen LogP contribution in [-0.2, 0) is 0 Å². The van der Waals surface area contributed by atoms with Crippen LogP contribution in [0.4, 0.5) is 5.95 Å². The van der Waals surface area contributed by atoms with E-state index in [0.717, 1.165) is 11.5 Å². The summed E-state index contributed by atoms with van der Waals surface area (Å²) in [5, 5.41) is 3.16. The first-order valence-electron chi connectivity index (χ1n) is 4.85. The second-order valence-corrected chi connectivity index (χ2v) is 3.39. The van der Waals surface area contributed by atoms with Gasteiger partial charge in [0, 0.05) is 12.4 Å². The van der Waals surface area contributed by atoms with Crippen LogP contribution in [0.3, 0.4) is 0 Å². The van der Waals surface area contributed by atoms with Crippen molar-refractivity contribution in [1.82, 2.24) is 9.97 Å². The summed E-state index contributed by atoms with van der Waals surface area (Å²) >= 11 is 0. The molecule has 1 unspecified atom stereocenters. The van der Waals surface area contributed by atoms with Gasteiger partial charge in [-0.05, 0) is 32.0 Å². The number of hydrogen-bond donors (Lipinski definition) is 1. The van der Waals surface area contributed by atoms with Gasteiger partial charge >= 0.3 is 0 Å². The fraction of sp³-hybridized carbons (Fsp3) is 0.273. The van der Waals surface area contributed by atoms with Crippen molar-refractivity contribution in [1.29, 1.82) is 0 Å². The Morgan fingerprint density at radius 1 is 1.27 bits per heavy atom. The summed E-state index contributed by atoms with van der Waals surface area (Å²) < 4.78 is 5.50. The molecular weight excluding hydrogens is 190 g/mol. The minimum absolute atomic E-state index is 0.0705. The zero-order valence-electron chi connectivity index (χ0n) is 8.77. The highest BCUT2D eigenvalue weighted by atomic mass is 16.3. The first-order chi connectivity index (χ1) is 7.25. The molecule has 0 spiro atoms. The van der Waals surface area contributed by atoms with Crippen molar-refractivity contribution >= 4 is 5.95 Å². The standard InChI is InChI=1S/C11H13N3O/c1-8-4-5-10(15-8)9(2)14-11-12-6-3-7-13-11/h3-7,9H,1-2H3,(H,12,13,14). The Morgan fingerprint density at radius 2 is 2.00 bits per heavy atom. The lowest BCUT2D eigenvalue weighted by Crippen LogP contribution is -2.08. The first-order valence-corrected chi connectivity index (χ1v) is 4.85. The maximum absolute atomic E-state index is 5.50. The molecule has 0 bridgehead atoms. The van der Waals surface area contributed by atoms with Gasteiger partial charge in [0.15, 0.2) is 0 Å². The lowest BCUT2D eigenvalue weighted by molar-refractivity contribution is 0.466. The molecule has 2 rings (SSSR count). The van der Waals surface area contributed by atoms with Crippen molar-refractivity contribution < 1.29 is 4.42 Å². The maximum Gasteiger partial charge on any atom is 0.223 e. The number of rotatable bonds is 3. The number of nitrogens with one attached hydrogen (secondary N) is 1. The Hall–Kier alpha value is -1.84. The van der Waals surface area contributed by atoms with Crippen molar-refractivity contribution in [3.63, 3.8) is 0 Å². The average molecular weight is 203 g/mol. The maximum atomic E-state index is 5.50. The molecule has 15 heavy (non-hydrogen) atoms. The molecule has 2 aromatic rings. The third-order valence-corrected chi connectivity index (χ3v) is 2.10. The highest BCUT2D eigenvalue weighted by molar-refractivity contribution is 5.27. The molecule has 0 amide bonds. The van der Waals surface area contributed by atoms with Gasteiger partial charge in [-0.1, -0.05) is 0 Å². The molecule has 78 valence electrons. The Bertz CT molecular complexity index is 424. The zero-order valence-corrected chi connectivity index (χ0v) is 8.77. The van der Waals surface area contributed by atoms with Gasteiger partial charge in [-0.15, -0.1) is 0 Å². The molecular formula is C11H13N3O. The summed E-state index contributed by atoms with van der Waals surface area (Å²) in [6.07, 6.45) is 3.41. The molecule has 4 nitrogen and oxygen atoms in total. The van der Waals surface area contributed by atoms with E-state index in [4.69, 9.17) is 4.42 Å². The van der Waals surface area contributed by atoms with Gasteiger partial charge in [0.1, 0.15) is 11.5 Å². The minimum atomic E-state index is 0.0705. The number of anilines is 1. The molecule has 1 N–H and O–H groups in total. The summed E-state index contributed by atoms with van der Waals surface area (Å²) in [5.74, 6) is 2.41. The summed E-state index contributed by atoms with van der Waals surface area (Å²) in [7, 11) is 0. The molecule has 0 aliphatic rings. The molecule has 4 heteroatoms. The van der Waals surface area contributed by atoms with E-state index in [1.165, 1.54) is 0 Å². The number of aryl methyl sites for hydroxylation is 1. The Labute approximate surface area is 88.4 Å². The van der Waals surface area contributed by atoms with Crippen LogP contribution in [0.2, 0.25) is 0 Å². The fourth-order valence-corrected chi connectivity index (χ4v) is 1.32. The van der Waals surface area contributed by atoms with Crippen LogP contribution in [0.1, 0.15) is 24.5 Å². The highest BCUT2D eigenvalue weighted by Gasteiger charge is 2.09. The molecule has 0 radical (unpaired) electrons. The lowest BCUT2D eigenvalue weighted by atomic mass is 10.2. The molecule has 0 saturated carbocycles. The molecule has 0 saturated heterocycles. The van der Waals surface area contributed by atoms with Gasteiger partial charge in [-0.3, -0.25) is 0 Å². The predicted molar refractivity (Wildman–Crippen MR) is 57.5 cm³/mol. The van der Waals surface area contributed by atoms with Gasteiger partial charge in [0.2, 0.25) is 5.95 Å². The van der Waals surface area contributed by atoms with E-state index in [9.17, 15) is 0 Å². The molecule has 0 aromatic carbocycles. The van der Waals surface area contributed by atoms with Crippen LogP contribution in [0, 0.1) is 6.92 Å². The van der Waals surface area contributed by atoms with Crippen LogP contribution in [-0.4, -0.2) is 9.97 Å². The van der Waals surface area contributed by atoms with Crippen molar-refractivity contribution in [3.05, 3.63) is 42.1 Å². The van der Waals surface area contributed by atoms with Gasteiger partial charge in [-0.25, -0.2) is 9.97 Å². The number of aromatic nitrogens is 2. The largest absolute Gasteiger partial charge is 0.464 e. The molecule has 1 atom stereocenters. The SMILES string of the molecule is Cc1ccc(C(C)Nc2ncccn2)o1. The third-order valence-electron chi connectivity index (χ3n) is 2.10. The van der Waals surface area contributed by atoms with Crippen molar-refractivity contribution in [2.24, 2.45) is 0 Å². The monoisotopic (exact) mass is 203 g/mol. The summed E-state index contributed by atoms with van der Waals surface area (Å²) in [6, 6.07) is 5.75. The van der Waals surface area contributed by atoms with E-state index in [0.29, 0.717) is 5.95 Å². The quantitative estimate of drug-likeness (QED) is 0.832.